The topological polar surface area (TPSA) is 59.8 Å². The quantitative estimate of drug-likeness (QED) is 0.724. The number of nitrogens with one attached hydrogen (secondary N) is 1. The van der Waals surface area contributed by atoms with Crippen LogP contribution in [0.1, 0.15) is 0 Å². The van der Waals surface area contributed by atoms with Crippen molar-refractivity contribution >= 4 is 17.7 Å². The van der Waals surface area contributed by atoms with E-state index in [1.807, 2.05) is 34.9 Å². The van der Waals surface area contributed by atoms with Gasteiger partial charge in [-0.25, -0.2) is 4.39 Å². The number of halogens is 1. The fourth-order valence-corrected chi connectivity index (χ4v) is 2.99. The van der Waals surface area contributed by atoms with Crippen LogP contribution in [-0.2, 0) is 4.79 Å². The van der Waals surface area contributed by atoms with Gasteiger partial charge >= 0.3 is 0 Å². The van der Waals surface area contributed by atoms with Crippen molar-refractivity contribution < 1.29 is 9.18 Å². The maximum Gasteiger partial charge on any atom is 0.230 e. The fraction of sp³-hybridized carbons (Fsp3) is 0.118. The van der Waals surface area contributed by atoms with Crippen LogP contribution >= 0.6 is 11.8 Å². The standard InChI is InChI=1S/C17H15FN4OS/c1-19-15(23)11-24-17-21-20-16(12-7-9-13(18)10-8-12)22(17)14-5-3-2-4-6-14/h2-10H,11H2,1H3,(H,19,23). The van der Waals surface area contributed by atoms with Crippen LogP contribution < -0.4 is 5.32 Å². The van der Waals surface area contributed by atoms with Gasteiger partial charge in [0.2, 0.25) is 5.91 Å². The van der Waals surface area contributed by atoms with Crippen molar-refractivity contribution in [1.82, 2.24) is 20.1 Å². The highest BCUT2D eigenvalue weighted by Crippen LogP contribution is 2.27. The average Bonchev–Trinajstić information content (AvgIpc) is 3.05. The van der Waals surface area contributed by atoms with E-state index in [1.165, 1.54) is 23.9 Å². The molecule has 0 saturated carbocycles. The number of amides is 1. The minimum absolute atomic E-state index is 0.0917. The third-order valence-corrected chi connectivity index (χ3v) is 4.29. The molecule has 0 aliphatic rings. The minimum atomic E-state index is -0.307. The molecule has 0 aliphatic heterocycles. The molecule has 0 spiro atoms. The Kier molecular flexibility index (Phi) is 4.90. The Bertz CT molecular complexity index is 834. The Balaban J connectivity index is 2.04. The summed E-state index contributed by atoms with van der Waals surface area (Å²) in [6.45, 7) is 0. The second-order valence-electron chi connectivity index (χ2n) is 4.95. The number of hydrogen-bond donors (Lipinski definition) is 1. The molecule has 0 unspecified atom stereocenters. The van der Waals surface area contributed by atoms with Gasteiger partial charge in [0, 0.05) is 18.3 Å². The zero-order chi connectivity index (χ0) is 16.9. The Hall–Kier alpha value is -2.67. The van der Waals surface area contributed by atoms with Crippen molar-refractivity contribution in [3.8, 4) is 17.1 Å². The van der Waals surface area contributed by atoms with Gasteiger partial charge in [-0.3, -0.25) is 9.36 Å². The molecule has 0 radical (unpaired) electrons. The van der Waals surface area contributed by atoms with Gasteiger partial charge in [-0.15, -0.1) is 10.2 Å². The minimum Gasteiger partial charge on any atom is -0.358 e. The van der Waals surface area contributed by atoms with Gasteiger partial charge in [-0.2, -0.15) is 0 Å². The lowest BCUT2D eigenvalue weighted by atomic mass is 10.2. The fourth-order valence-electron chi connectivity index (χ4n) is 2.16. The summed E-state index contributed by atoms with van der Waals surface area (Å²) in [5.74, 6) is 0.440. The molecule has 2 aromatic carbocycles. The van der Waals surface area contributed by atoms with Crippen molar-refractivity contribution in [2.75, 3.05) is 12.8 Å². The lowest BCUT2D eigenvalue weighted by Gasteiger charge is -2.10. The van der Waals surface area contributed by atoms with E-state index in [4.69, 9.17) is 0 Å². The van der Waals surface area contributed by atoms with E-state index in [0.717, 1.165) is 11.3 Å². The first-order valence-corrected chi connectivity index (χ1v) is 8.28. The molecular formula is C17H15FN4OS. The van der Waals surface area contributed by atoms with Gasteiger partial charge in [0.05, 0.1) is 5.75 Å². The monoisotopic (exact) mass is 342 g/mol. The maximum atomic E-state index is 13.2. The second-order valence-corrected chi connectivity index (χ2v) is 5.89. The molecule has 1 amide bonds. The molecule has 0 saturated heterocycles. The number of carbonyl (C=O) groups is 1. The van der Waals surface area contributed by atoms with E-state index in [2.05, 4.69) is 15.5 Å². The van der Waals surface area contributed by atoms with Gasteiger partial charge in [0.1, 0.15) is 5.82 Å². The third-order valence-electron chi connectivity index (χ3n) is 3.36. The van der Waals surface area contributed by atoms with Crippen LogP contribution in [-0.4, -0.2) is 33.5 Å². The van der Waals surface area contributed by atoms with E-state index in [1.54, 1.807) is 19.2 Å². The van der Waals surface area contributed by atoms with Gasteiger partial charge in [-0.1, -0.05) is 30.0 Å². The molecule has 1 N–H and O–H groups in total. The number of benzene rings is 2. The maximum absolute atomic E-state index is 13.2. The molecule has 5 nitrogen and oxygen atoms in total. The van der Waals surface area contributed by atoms with Crippen LogP contribution in [0.25, 0.3) is 17.1 Å². The first kappa shape index (κ1) is 16.2. The first-order chi connectivity index (χ1) is 11.7. The summed E-state index contributed by atoms with van der Waals surface area (Å²) >= 11 is 1.30. The van der Waals surface area contributed by atoms with Gasteiger partial charge in [-0.05, 0) is 36.4 Å². The average molecular weight is 342 g/mol. The molecule has 24 heavy (non-hydrogen) atoms. The third kappa shape index (κ3) is 3.46. The van der Waals surface area contributed by atoms with Crippen LogP contribution in [0.2, 0.25) is 0 Å². The number of rotatable bonds is 5. The van der Waals surface area contributed by atoms with Crippen molar-refractivity contribution in [3.05, 3.63) is 60.4 Å². The number of nitrogens with zero attached hydrogens (tertiary/aromatic N) is 3. The van der Waals surface area contributed by atoms with Crippen molar-refractivity contribution in [2.45, 2.75) is 5.16 Å². The second kappa shape index (κ2) is 7.27. The summed E-state index contributed by atoms with van der Waals surface area (Å²) in [5, 5.41) is 11.6. The summed E-state index contributed by atoms with van der Waals surface area (Å²) in [6, 6.07) is 15.7. The van der Waals surface area contributed by atoms with Gasteiger partial charge in [0.25, 0.3) is 0 Å². The van der Waals surface area contributed by atoms with E-state index < -0.39 is 0 Å². The first-order valence-electron chi connectivity index (χ1n) is 7.29. The Morgan fingerprint density at radius 1 is 1.12 bits per heavy atom. The molecule has 0 bridgehead atoms. The lowest BCUT2D eigenvalue weighted by Crippen LogP contribution is -2.20. The molecule has 0 aliphatic carbocycles. The molecule has 3 rings (SSSR count). The van der Waals surface area contributed by atoms with Crippen molar-refractivity contribution in [3.63, 3.8) is 0 Å². The van der Waals surface area contributed by atoms with Crippen molar-refractivity contribution in [2.24, 2.45) is 0 Å². The number of aromatic nitrogens is 3. The normalized spacial score (nSPS) is 10.6. The van der Waals surface area contributed by atoms with Crippen LogP contribution in [0.15, 0.2) is 59.8 Å². The smallest absolute Gasteiger partial charge is 0.230 e. The predicted molar refractivity (Wildman–Crippen MR) is 91.5 cm³/mol. The van der Waals surface area contributed by atoms with Gasteiger partial charge in [0.15, 0.2) is 11.0 Å². The lowest BCUT2D eigenvalue weighted by molar-refractivity contribution is -0.118. The summed E-state index contributed by atoms with van der Waals surface area (Å²) in [5.41, 5.74) is 1.63. The zero-order valence-corrected chi connectivity index (χ0v) is 13.8. The van der Waals surface area contributed by atoms with Crippen LogP contribution in [0.4, 0.5) is 4.39 Å². The Morgan fingerprint density at radius 3 is 2.50 bits per heavy atom. The molecular weight excluding hydrogens is 327 g/mol. The predicted octanol–water partition coefficient (Wildman–Crippen LogP) is 2.91. The van der Waals surface area contributed by atoms with E-state index >= 15 is 0 Å². The molecule has 1 heterocycles. The van der Waals surface area contributed by atoms with E-state index in [-0.39, 0.29) is 17.5 Å². The number of hydrogen-bond acceptors (Lipinski definition) is 4. The molecule has 0 atom stereocenters. The van der Waals surface area contributed by atoms with Crippen LogP contribution in [0.5, 0.6) is 0 Å². The zero-order valence-electron chi connectivity index (χ0n) is 12.9. The van der Waals surface area contributed by atoms with E-state index in [9.17, 15) is 9.18 Å². The Morgan fingerprint density at radius 2 is 1.83 bits per heavy atom. The van der Waals surface area contributed by atoms with Crippen molar-refractivity contribution in [1.29, 1.82) is 0 Å². The SMILES string of the molecule is CNC(=O)CSc1nnc(-c2ccc(F)cc2)n1-c1ccccc1. The summed E-state index contributed by atoms with van der Waals surface area (Å²) < 4.78 is 15.1. The molecule has 7 heteroatoms. The number of thioether (sulfide) groups is 1. The largest absolute Gasteiger partial charge is 0.358 e. The highest BCUT2D eigenvalue weighted by molar-refractivity contribution is 7.99. The van der Waals surface area contributed by atoms with Crippen LogP contribution in [0, 0.1) is 5.82 Å². The molecule has 122 valence electrons. The molecule has 0 fully saturated rings. The highest BCUT2D eigenvalue weighted by Gasteiger charge is 2.16. The summed E-state index contributed by atoms with van der Waals surface area (Å²) in [4.78, 5) is 11.5. The molecule has 1 aromatic heterocycles. The van der Waals surface area contributed by atoms with Gasteiger partial charge < -0.3 is 5.32 Å². The van der Waals surface area contributed by atoms with E-state index in [0.29, 0.717) is 11.0 Å². The van der Waals surface area contributed by atoms with Crippen LogP contribution in [0.3, 0.4) is 0 Å². The molecule has 3 aromatic rings. The highest BCUT2D eigenvalue weighted by atomic mass is 32.2. The number of para-hydroxylation sites is 1. The summed E-state index contributed by atoms with van der Waals surface area (Å²) in [6.07, 6.45) is 0. The number of carbonyl (C=O) groups excluding carboxylic acids is 1. The summed E-state index contributed by atoms with van der Waals surface area (Å²) in [7, 11) is 1.59. The Labute approximate surface area is 142 Å².